The normalized spacial score (nSPS) is 10.8. The topological polar surface area (TPSA) is 70.2 Å². The summed E-state index contributed by atoms with van der Waals surface area (Å²) in [6.07, 6.45) is 0. The van der Waals surface area contributed by atoms with Crippen LogP contribution in [-0.2, 0) is 16.1 Å². The Morgan fingerprint density at radius 2 is 1.67 bits per heavy atom. The van der Waals surface area contributed by atoms with E-state index in [1.807, 2.05) is 52.0 Å². The van der Waals surface area contributed by atoms with Crippen molar-refractivity contribution in [3.05, 3.63) is 29.8 Å². The second-order valence-corrected chi connectivity index (χ2v) is 5.65. The van der Waals surface area contributed by atoms with Gasteiger partial charge in [0.25, 0.3) is 0 Å². The van der Waals surface area contributed by atoms with E-state index >= 15 is 0 Å². The lowest BCUT2D eigenvalue weighted by Crippen LogP contribution is -2.36. The predicted molar refractivity (Wildman–Crippen MR) is 84.9 cm³/mol. The van der Waals surface area contributed by atoms with Gasteiger partial charge in [0.1, 0.15) is 0 Å². The Labute approximate surface area is 126 Å². The zero-order valence-corrected chi connectivity index (χ0v) is 13.2. The molecule has 0 radical (unpaired) electrons. The number of amides is 2. The Balaban J connectivity index is 2.41. The van der Waals surface area contributed by atoms with Gasteiger partial charge in [0, 0.05) is 24.2 Å². The van der Waals surface area contributed by atoms with E-state index < -0.39 is 0 Å². The van der Waals surface area contributed by atoms with Crippen molar-refractivity contribution >= 4 is 17.5 Å². The second kappa shape index (κ2) is 8.42. The Hall–Kier alpha value is -1.88. The molecule has 0 saturated heterocycles. The molecule has 0 fully saturated rings. The fraction of sp³-hybridized carbons (Fsp3) is 0.500. The van der Waals surface area contributed by atoms with E-state index in [4.69, 9.17) is 0 Å². The largest absolute Gasteiger partial charge is 0.351 e. The van der Waals surface area contributed by atoms with Crippen molar-refractivity contribution in [2.45, 2.75) is 40.3 Å². The molecule has 2 amide bonds. The molecule has 3 N–H and O–H groups in total. The molecular formula is C16H25N3O2. The average Bonchev–Trinajstić information content (AvgIpc) is 2.44. The molecule has 116 valence electrons. The predicted octanol–water partition coefficient (Wildman–Crippen LogP) is 1.90. The molecule has 0 aliphatic heterocycles. The average molecular weight is 291 g/mol. The molecule has 0 aliphatic rings. The van der Waals surface area contributed by atoms with Gasteiger partial charge in [-0.05, 0) is 17.7 Å². The van der Waals surface area contributed by atoms with Gasteiger partial charge in [-0.25, -0.2) is 0 Å². The quantitative estimate of drug-likeness (QED) is 0.718. The molecule has 21 heavy (non-hydrogen) atoms. The molecule has 0 unspecified atom stereocenters. The standard InChI is InChI=1S/C16H25N3O2/c1-11(2)16(21)19-14-7-5-13(6-8-14)9-18-15(20)10-17-12(3)4/h5-8,11-12,17H,9-10H2,1-4H3,(H,18,20)(H,19,21). The number of anilines is 1. The molecule has 0 aromatic heterocycles. The first kappa shape index (κ1) is 17.2. The van der Waals surface area contributed by atoms with Crippen molar-refractivity contribution < 1.29 is 9.59 Å². The highest BCUT2D eigenvalue weighted by Gasteiger charge is 2.07. The van der Waals surface area contributed by atoms with Crippen molar-refractivity contribution in [3.63, 3.8) is 0 Å². The van der Waals surface area contributed by atoms with Crippen LogP contribution < -0.4 is 16.0 Å². The van der Waals surface area contributed by atoms with Crippen LogP contribution in [0.3, 0.4) is 0 Å². The first-order valence-corrected chi connectivity index (χ1v) is 7.28. The SMILES string of the molecule is CC(C)NCC(=O)NCc1ccc(NC(=O)C(C)C)cc1. The van der Waals surface area contributed by atoms with Gasteiger partial charge in [-0.2, -0.15) is 0 Å². The highest BCUT2D eigenvalue weighted by molar-refractivity contribution is 5.92. The van der Waals surface area contributed by atoms with Crippen LogP contribution in [0.5, 0.6) is 0 Å². The molecule has 0 aliphatic carbocycles. The van der Waals surface area contributed by atoms with E-state index in [-0.39, 0.29) is 17.7 Å². The Morgan fingerprint density at radius 1 is 1.05 bits per heavy atom. The maximum atomic E-state index is 11.6. The number of rotatable bonds is 7. The van der Waals surface area contributed by atoms with Gasteiger partial charge in [0.05, 0.1) is 6.54 Å². The zero-order valence-electron chi connectivity index (χ0n) is 13.2. The van der Waals surface area contributed by atoms with Crippen molar-refractivity contribution in [3.8, 4) is 0 Å². The van der Waals surface area contributed by atoms with Crippen molar-refractivity contribution in [1.29, 1.82) is 0 Å². The highest BCUT2D eigenvalue weighted by atomic mass is 16.2. The molecule has 1 aromatic rings. The van der Waals surface area contributed by atoms with E-state index in [1.54, 1.807) is 0 Å². The Kier molecular flexibility index (Phi) is 6.88. The molecule has 0 spiro atoms. The number of carbonyl (C=O) groups is 2. The zero-order chi connectivity index (χ0) is 15.8. The van der Waals surface area contributed by atoms with Gasteiger partial charge < -0.3 is 16.0 Å². The lowest BCUT2D eigenvalue weighted by Gasteiger charge is -2.10. The molecular weight excluding hydrogens is 266 g/mol. The van der Waals surface area contributed by atoms with Gasteiger partial charge in [-0.15, -0.1) is 0 Å². The molecule has 0 bridgehead atoms. The van der Waals surface area contributed by atoms with Crippen LogP contribution in [0.4, 0.5) is 5.69 Å². The number of hydrogen-bond donors (Lipinski definition) is 3. The van der Waals surface area contributed by atoms with Gasteiger partial charge in [-0.3, -0.25) is 9.59 Å². The van der Waals surface area contributed by atoms with Crippen molar-refractivity contribution in [1.82, 2.24) is 10.6 Å². The highest BCUT2D eigenvalue weighted by Crippen LogP contribution is 2.10. The minimum absolute atomic E-state index is 0.00388. The van der Waals surface area contributed by atoms with Gasteiger partial charge >= 0.3 is 0 Å². The van der Waals surface area contributed by atoms with Crippen LogP contribution in [-0.4, -0.2) is 24.4 Å². The molecule has 0 atom stereocenters. The summed E-state index contributed by atoms with van der Waals surface area (Å²) in [5, 5.41) is 8.74. The van der Waals surface area contributed by atoms with E-state index in [0.29, 0.717) is 19.1 Å². The van der Waals surface area contributed by atoms with E-state index in [9.17, 15) is 9.59 Å². The Bertz CT molecular complexity index is 467. The first-order chi connectivity index (χ1) is 9.88. The summed E-state index contributed by atoms with van der Waals surface area (Å²) in [5.74, 6) is -0.0749. The third kappa shape index (κ3) is 6.90. The summed E-state index contributed by atoms with van der Waals surface area (Å²) in [5.41, 5.74) is 1.76. The number of nitrogens with one attached hydrogen (secondary N) is 3. The van der Waals surface area contributed by atoms with Crippen LogP contribution in [0.2, 0.25) is 0 Å². The number of carbonyl (C=O) groups excluding carboxylic acids is 2. The molecule has 5 nitrogen and oxygen atoms in total. The van der Waals surface area contributed by atoms with Crippen molar-refractivity contribution in [2.75, 3.05) is 11.9 Å². The lowest BCUT2D eigenvalue weighted by molar-refractivity contribution is -0.120. The first-order valence-electron chi connectivity index (χ1n) is 7.28. The van der Waals surface area contributed by atoms with Crippen LogP contribution in [0.25, 0.3) is 0 Å². The monoisotopic (exact) mass is 291 g/mol. The van der Waals surface area contributed by atoms with E-state index in [2.05, 4.69) is 16.0 Å². The minimum Gasteiger partial charge on any atom is -0.351 e. The Morgan fingerprint density at radius 3 is 2.19 bits per heavy atom. The third-order valence-electron chi connectivity index (χ3n) is 2.91. The maximum absolute atomic E-state index is 11.6. The molecule has 1 aromatic carbocycles. The lowest BCUT2D eigenvalue weighted by atomic mass is 10.1. The van der Waals surface area contributed by atoms with Crippen molar-refractivity contribution in [2.24, 2.45) is 5.92 Å². The summed E-state index contributed by atoms with van der Waals surface area (Å²) in [7, 11) is 0. The summed E-state index contributed by atoms with van der Waals surface area (Å²) in [6.45, 7) is 8.50. The van der Waals surface area contributed by atoms with Crippen LogP contribution in [0.1, 0.15) is 33.3 Å². The minimum atomic E-state index is -0.0441. The smallest absolute Gasteiger partial charge is 0.234 e. The van der Waals surface area contributed by atoms with E-state index in [0.717, 1.165) is 11.3 Å². The summed E-state index contributed by atoms with van der Waals surface area (Å²) >= 11 is 0. The summed E-state index contributed by atoms with van der Waals surface area (Å²) in [6, 6.07) is 7.76. The maximum Gasteiger partial charge on any atom is 0.234 e. The van der Waals surface area contributed by atoms with Gasteiger partial charge in [-0.1, -0.05) is 39.8 Å². The van der Waals surface area contributed by atoms with Crippen LogP contribution in [0, 0.1) is 5.92 Å². The fourth-order valence-corrected chi connectivity index (χ4v) is 1.55. The third-order valence-corrected chi connectivity index (χ3v) is 2.91. The number of benzene rings is 1. The summed E-state index contributed by atoms with van der Waals surface area (Å²) in [4.78, 5) is 23.1. The summed E-state index contributed by atoms with van der Waals surface area (Å²) < 4.78 is 0. The number of hydrogen-bond acceptors (Lipinski definition) is 3. The van der Waals surface area contributed by atoms with Crippen LogP contribution >= 0.6 is 0 Å². The van der Waals surface area contributed by atoms with Gasteiger partial charge in [0.2, 0.25) is 11.8 Å². The fourth-order valence-electron chi connectivity index (χ4n) is 1.55. The van der Waals surface area contributed by atoms with Crippen LogP contribution in [0.15, 0.2) is 24.3 Å². The molecule has 1 rings (SSSR count). The molecule has 0 heterocycles. The molecule has 5 heteroatoms. The molecule has 0 saturated carbocycles. The van der Waals surface area contributed by atoms with Gasteiger partial charge in [0.15, 0.2) is 0 Å². The van der Waals surface area contributed by atoms with E-state index in [1.165, 1.54) is 0 Å². The second-order valence-electron chi connectivity index (χ2n) is 5.65.